The Kier molecular flexibility index (Phi) is 6.99. The molecule has 1 aliphatic heterocycles. The van der Waals surface area contributed by atoms with Gasteiger partial charge in [0.1, 0.15) is 0 Å². The van der Waals surface area contributed by atoms with E-state index in [0.717, 1.165) is 31.7 Å². The van der Waals surface area contributed by atoms with Crippen molar-refractivity contribution < 1.29 is 4.79 Å². The van der Waals surface area contributed by atoms with E-state index in [1.54, 1.807) is 6.20 Å². The lowest BCUT2D eigenvalue weighted by atomic mass is 9.96. The van der Waals surface area contributed by atoms with Gasteiger partial charge >= 0.3 is 0 Å². The van der Waals surface area contributed by atoms with Gasteiger partial charge in [0.2, 0.25) is 5.91 Å². The first-order valence-electron chi connectivity index (χ1n) is 10.0. The quantitative estimate of drug-likeness (QED) is 0.755. The average Bonchev–Trinajstić information content (AvgIpc) is 2.68. The predicted octanol–water partition coefficient (Wildman–Crippen LogP) is 3.35. The van der Waals surface area contributed by atoms with Crippen LogP contribution in [0.1, 0.15) is 29.7 Å². The van der Waals surface area contributed by atoms with E-state index in [-0.39, 0.29) is 5.91 Å². The topological polar surface area (TPSA) is 36.4 Å². The smallest absolute Gasteiger partial charge is 0.228 e. The molecule has 0 saturated carbocycles. The Bertz CT molecular complexity index is 731. The number of aromatic nitrogens is 1. The summed E-state index contributed by atoms with van der Waals surface area (Å²) in [6.45, 7) is 6.40. The van der Waals surface area contributed by atoms with E-state index < -0.39 is 0 Å². The van der Waals surface area contributed by atoms with E-state index in [0.29, 0.717) is 12.3 Å². The monoisotopic (exact) mass is 365 g/mol. The molecule has 0 aliphatic carbocycles. The van der Waals surface area contributed by atoms with Crippen molar-refractivity contribution in [3.8, 4) is 0 Å². The molecule has 0 N–H and O–H groups in total. The number of likely N-dealkylation sites (tertiary alicyclic amines) is 1. The Morgan fingerprint density at radius 1 is 1.22 bits per heavy atom. The normalized spacial score (nSPS) is 17.6. The zero-order valence-corrected chi connectivity index (χ0v) is 16.6. The molecule has 4 heteroatoms. The summed E-state index contributed by atoms with van der Waals surface area (Å²) in [5.41, 5.74) is 3.67. The number of carbonyl (C=O) groups is 1. The zero-order chi connectivity index (χ0) is 19.1. The molecular weight excluding hydrogens is 334 g/mol. The second-order valence-electron chi connectivity index (χ2n) is 7.76. The zero-order valence-electron chi connectivity index (χ0n) is 16.6. The van der Waals surface area contributed by atoms with Gasteiger partial charge < -0.3 is 9.80 Å². The van der Waals surface area contributed by atoms with E-state index in [2.05, 4.69) is 41.1 Å². The van der Waals surface area contributed by atoms with Crippen LogP contribution in [0.3, 0.4) is 0 Å². The van der Waals surface area contributed by atoms with Gasteiger partial charge in [-0.2, -0.15) is 0 Å². The summed E-state index contributed by atoms with van der Waals surface area (Å²) >= 11 is 0. The minimum atomic E-state index is 0.158. The number of pyridine rings is 1. The van der Waals surface area contributed by atoms with Crippen LogP contribution in [0, 0.1) is 12.8 Å². The highest BCUT2D eigenvalue weighted by Crippen LogP contribution is 2.19. The number of nitrogens with zero attached hydrogens (tertiary/aromatic N) is 3. The van der Waals surface area contributed by atoms with Crippen LogP contribution in [0.25, 0.3) is 0 Å². The Morgan fingerprint density at radius 3 is 2.81 bits per heavy atom. The fourth-order valence-corrected chi connectivity index (χ4v) is 3.95. The molecule has 144 valence electrons. The highest BCUT2D eigenvalue weighted by atomic mass is 16.2. The van der Waals surface area contributed by atoms with E-state index in [1.807, 2.05) is 30.1 Å². The van der Waals surface area contributed by atoms with Crippen LogP contribution in [-0.2, 0) is 17.6 Å². The lowest BCUT2D eigenvalue weighted by Crippen LogP contribution is -2.42. The van der Waals surface area contributed by atoms with Crippen molar-refractivity contribution in [1.29, 1.82) is 0 Å². The number of carbonyl (C=O) groups excluding carboxylic acids is 1. The third kappa shape index (κ3) is 5.90. The molecular formula is C23H31N3O. The van der Waals surface area contributed by atoms with Crippen molar-refractivity contribution in [2.24, 2.45) is 5.92 Å². The van der Waals surface area contributed by atoms with Crippen molar-refractivity contribution in [3.05, 3.63) is 65.5 Å². The van der Waals surface area contributed by atoms with E-state index >= 15 is 0 Å². The fraction of sp³-hybridized carbons (Fsp3) is 0.478. The maximum absolute atomic E-state index is 12.5. The highest BCUT2D eigenvalue weighted by Gasteiger charge is 2.22. The van der Waals surface area contributed by atoms with Crippen LogP contribution in [0.15, 0.2) is 48.7 Å². The van der Waals surface area contributed by atoms with Crippen LogP contribution >= 0.6 is 0 Å². The maximum Gasteiger partial charge on any atom is 0.228 e. The van der Waals surface area contributed by atoms with Gasteiger partial charge in [0, 0.05) is 38.6 Å². The van der Waals surface area contributed by atoms with Crippen molar-refractivity contribution in [2.75, 3.05) is 33.2 Å². The summed E-state index contributed by atoms with van der Waals surface area (Å²) in [6, 6.07) is 14.4. The lowest BCUT2D eigenvalue weighted by Gasteiger charge is -2.34. The first-order chi connectivity index (χ1) is 13.1. The van der Waals surface area contributed by atoms with Gasteiger partial charge in [0.05, 0.1) is 6.42 Å². The van der Waals surface area contributed by atoms with Crippen molar-refractivity contribution in [3.63, 3.8) is 0 Å². The molecule has 1 aromatic carbocycles. The number of benzene rings is 1. The minimum Gasteiger partial charge on any atom is -0.345 e. The lowest BCUT2D eigenvalue weighted by molar-refractivity contribution is -0.130. The molecule has 2 aromatic rings. The van der Waals surface area contributed by atoms with E-state index in [4.69, 9.17) is 0 Å². The third-order valence-electron chi connectivity index (χ3n) is 5.58. The van der Waals surface area contributed by atoms with E-state index in [1.165, 1.54) is 30.5 Å². The van der Waals surface area contributed by atoms with Gasteiger partial charge in [0.15, 0.2) is 0 Å². The third-order valence-corrected chi connectivity index (χ3v) is 5.58. The number of hydrogen-bond acceptors (Lipinski definition) is 3. The molecule has 3 rings (SSSR count). The van der Waals surface area contributed by atoms with Crippen LogP contribution in [0.5, 0.6) is 0 Å². The Labute approximate surface area is 163 Å². The summed E-state index contributed by atoms with van der Waals surface area (Å²) in [4.78, 5) is 21.2. The summed E-state index contributed by atoms with van der Waals surface area (Å²) < 4.78 is 0. The SMILES string of the molecule is Cc1ccccc1CCN1CCCC(CN(C)C(=O)Cc2ccccn2)C1. The standard InChI is InChI=1S/C23H31N3O/c1-19-8-3-4-10-21(19)12-15-26-14-7-9-20(18-26)17-25(2)23(27)16-22-11-5-6-13-24-22/h3-6,8,10-11,13,20H,7,9,12,14-18H2,1-2H3. The summed E-state index contributed by atoms with van der Waals surface area (Å²) in [6.07, 6.45) is 5.67. The molecule has 1 aromatic heterocycles. The van der Waals surface area contributed by atoms with Gasteiger partial charge in [-0.25, -0.2) is 0 Å². The van der Waals surface area contributed by atoms with Crippen molar-refractivity contribution in [1.82, 2.24) is 14.8 Å². The number of aryl methyl sites for hydroxylation is 1. The Hall–Kier alpha value is -2.20. The number of rotatable bonds is 7. The van der Waals surface area contributed by atoms with Crippen molar-refractivity contribution in [2.45, 2.75) is 32.6 Å². The van der Waals surface area contributed by atoms with Crippen LogP contribution < -0.4 is 0 Å². The molecule has 27 heavy (non-hydrogen) atoms. The summed E-state index contributed by atoms with van der Waals surface area (Å²) in [5, 5.41) is 0. The maximum atomic E-state index is 12.5. The molecule has 0 bridgehead atoms. The number of likely N-dealkylation sites (N-methyl/N-ethyl adjacent to an activating group) is 1. The van der Waals surface area contributed by atoms with Gasteiger partial charge in [-0.15, -0.1) is 0 Å². The first-order valence-corrected chi connectivity index (χ1v) is 10.0. The highest BCUT2D eigenvalue weighted by molar-refractivity contribution is 5.78. The summed E-state index contributed by atoms with van der Waals surface area (Å²) in [7, 11) is 1.93. The van der Waals surface area contributed by atoms with Crippen LogP contribution in [0.4, 0.5) is 0 Å². The summed E-state index contributed by atoms with van der Waals surface area (Å²) in [5.74, 6) is 0.721. The molecule has 1 fully saturated rings. The molecule has 2 heterocycles. The van der Waals surface area contributed by atoms with E-state index in [9.17, 15) is 4.79 Å². The molecule has 4 nitrogen and oxygen atoms in total. The van der Waals surface area contributed by atoms with Crippen molar-refractivity contribution >= 4 is 5.91 Å². The first kappa shape index (κ1) is 19.6. The molecule has 1 unspecified atom stereocenters. The molecule has 1 aliphatic rings. The fourth-order valence-electron chi connectivity index (χ4n) is 3.95. The molecule has 1 saturated heterocycles. The number of hydrogen-bond donors (Lipinski definition) is 0. The van der Waals surface area contributed by atoms with Crippen LogP contribution in [-0.4, -0.2) is 53.9 Å². The molecule has 0 radical (unpaired) electrons. The Morgan fingerprint density at radius 2 is 2.04 bits per heavy atom. The van der Waals surface area contributed by atoms with Gasteiger partial charge in [-0.05, 0) is 61.9 Å². The second kappa shape index (κ2) is 9.65. The number of amides is 1. The largest absolute Gasteiger partial charge is 0.345 e. The molecule has 1 atom stereocenters. The van der Waals surface area contributed by atoms with Gasteiger partial charge in [-0.3, -0.25) is 9.78 Å². The number of piperidine rings is 1. The molecule has 1 amide bonds. The minimum absolute atomic E-state index is 0.158. The van der Waals surface area contributed by atoms with Crippen LogP contribution in [0.2, 0.25) is 0 Å². The average molecular weight is 366 g/mol. The van der Waals surface area contributed by atoms with Gasteiger partial charge in [0.25, 0.3) is 0 Å². The second-order valence-corrected chi connectivity index (χ2v) is 7.76. The molecule has 0 spiro atoms. The predicted molar refractivity (Wildman–Crippen MR) is 110 cm³/mol. The van der Waals surface area contributed by atoms with Gasteiger partial charge in [-0.1, -0.05) is 30.3 Å². The Balaban J connectivity index is 1.46.